The topological polar surface area (TPSA) is 79.9 Å². The fourth-order valence-corrected chi connectivity index (χ4v) is 3.98. The molecule has 1 aliphatic carbocycles. The summed E-state index contributed by atoms with van der Waals surface area (Å²) in [6.07, 6.45) is 5.70. The van der Waals surface area contributed by atoms with E-state index in [1.54, 1.807) is 24.3 Å². The van der Waals surface area contributed by atoms with E-state index in [9.17, 15) is 14.0 Å². The van der Waals surface area contributed by atoms with Gasteiger partial charge in [0, 0.05) is 24.3 Å². The van der Waals surface area contributed by atoms with Crippen molar-refractivity contribution >= 4 is 23.2 Å². The van der Waals surface area contributed by atoms with E-state index >= 15 is 0 Å². The third-order valence-corrected chi connectivity index (χ3v) is 5.79. The van der Waals surface area contributed by atoms with Gasteiger partial charge in [0.2, 0.25) is 5.91 Å². The molecule has 0 radical (unpaired) electrons. The molecule has 0 heterocycles. The number of halogens is 1. The lowest BCUT2D eigenvalue weighted by atomic mass is 9.94. The van der Waals surface area contributed by atoms with Gasteiger partial charge in [-0.3, -0.25) is 9.59 Å². The second-order valence-electron chi connectivity index (χ2n) is 7.87. The van der Waals surface area contributed by atoms with Gasteiger partial charge in [-0.2, -0.15) is 0 Å². The van der Waals surface area contributed by atoms with Crippen LogP contribution in [0.4, 0.5) is 15.8 Å². The number of nitrogens with zero attached hydrogens (tertiary/aromatic N) is 1. The SMILES string of the molecule is COc1ccc(C(=O)NCC(=O)Nc2ccc(N(C)C3CCCCC3)c(F)c2)cc1OC. The van der Waals surface area contributed by atoms with Crippen LogP contribution in [0.25, 0.3) is 0 Å². The van der Waals surface area contributed by atoms with Crippen molar-refractivity contribution in [3.8, 4) is 11.5 Å². The number of amides is 2. The number of hydrogen-bond acceptors (Lipinski definition) is 5. The Bertz CT molecular complexity index is 960. The lowest BCUT2D eigenvalue weighted by Crippen LogP contribution is -2.34. The maximum absolute atomic E-state index is 14.7. The number of methoxy groups -OCH3 is 2. The van der Waals surface area contributed by atoms with Crippen molar-refractivity contribution in [1.29, 1.82) is 0 Å². The number of rotatable bonds is 8. The Labute approximate surface area is 187 Å². The highest BCUT2D eigenvalue weighted by atomic mass is 19.1. The molecule has 1 fully saturated rings. The highest BCUT2D eigenvalue weighted by Crippen LogP contribution is 2.29. The van der Waals surface area contributed by atoms with Crippen LogP contribution in [-0.4, -0.2) is 45.7 Å². The van der Waals surface area contributed by atoms with Gasteiger partial charge in [-0.25, -0.2) is 4.39 Å². The molecule has 2 amide bonds. The highest BCUT2D eigenvalue weighted by Gasteiger charge is 2.21. The molecular formula is C24H30FN3O4. The van der Waals surface area contributed by atoms with Crippen molar-refractivity contribution < 1.29 is 23.5 Å². The molecule has 8 heteroatoms. The van der Waals surface area contributed by atoms with Gasteiger partial charge >= 0.3 is 0 Å². The van der Waals surface area contributed by atoms with E-state index in [2.05, 4.69) is 10.6 Å². The molecule has 0 aliphatic heterocycles. The van der Waals surface area contributed by atoms with Gasteiger partial charge in [0.25, 0.3) is 5.91 Å². The summed E-state index contributed by atoms with van der Waals surface area (Å²) in [5.41, 5.74) is 1.20. The van der Waals surface area contributed by atoms with Crippen LogP contribution in [0.3, 0.4) is 0 Å². The van der Waals surface area contributed by atoms with Crippen molar-refractivity contribution in [3.05, 3.63) is 47.8 Å². The summed E-state index contributed by atoms with van der Waals surface area (Å²) in [4.78, 5) is 26.6. The number of benzene rings is 2. The number of ether oxygens (including phenoxy) is 2. The Morgan fingerprint density at radius 3 is 2.41 bits per heavy atom. The predicted octanol–water partition coefficient (Wildman–Crippen LogP) is 3.98. The van der Waals surface area contributed by atoms with Crippen LogP contribution in [-0.2, 0) is 4.79 Å². The second-order valence-corrected chi connectivity index (χ2v) is 7.87. The van der Waals surface area contributed by atoms with Gasteiger partial charge in [-0.1, -0.05) is 19.3 Å². The molecule has 0 spiro atoms. The van der Waals surface area contributed by atoms with Crippen molar-refractivity contribution in [3.63, 3.8) is 0 Å². The quantitative estimate of drug-likeness (QED) is 0.645. The molecule has 0 unspecified atom stereocenters. The van der Waals surface area contributed by atoms with Crippen molar-refractivity contribution in [2.45, 2.75) is 38.1 Å². The average Bonchev–Trinajstić information content (AvgIpc) is 2.82. The molecule has 2 aromatic carbocycles. The first-order chi connectivity index (χ1) is 15.4. The minimum absolute atomic E-state index is 0.251. The average molecular weight is 444 g/mol. The van der Waals surface area contributed by atoms with E-state index < -0.39 is 11.8 Å². The zero-order valence-electron chi connectivity index (χ0n) is 18.7. The Hall–Kier alpha value is -3.29. The Kier molecular flexibility index (Phi) is 7.92. The van der Waals surface area contributed by atoms with Crippen LogP contribution in [0.2, 0.25) is 0 Å². The van der Waals surface area contributed by atoms with E-state index in [0.29, 0.717) is 34.5 Å². The van der Waals surface area contributed by atoms with Gasteiger partial charge in [-0.05, 0) is 49.2 Å². The van der Waals surface area contributed by atoms with Crippen molar-refractivity contribution in [1.82, 2.24) is 5.32 Å². The Morgan fingerprint density at radius 2 is 1.75 bits per heavy atom. The van der Waals surface area contributed by atoms with Crippen LogP contribution in [0, 0.1) is 5.82 Å². The third kappa shape index (κ3) is 5.69. The molecule has 0 aromatic heterocycles. The molecule has 32 heavy (non-hydrogen) atoms. The summed E-state index contributed by atoms with van der Waals surface area (Å²) in [5, 5.41) is 5.16. The number of carbonyl (C=O) groups excluding carboxylic acids is 2. The molecule has 172 valence electrons. The van der Waals surface area contributed by atoms with Crippen LogP contribution < -0.4 is 25.0 Å². The maximum Gasteiger partial charge on any atom is 0.251 e. The van der Waals surface area contributed by atoms with E-state index in [0.717, 1.165) is 12.8 Å². The highest BCUT2D eigenvalue weighted by molar-refractivity contribution is 5.99. The Morgan fingerprint density at radius 1 is 1.03 bits per heavy atom. The fraction of sp³-hybridized carbons (Fsp3) is 0.417. The molecule has 1 aliphatic rings. The first-order valence-corrected chi connectivity index (χ1v) is 10.8. The monoisotopic (exact) mass is 443 g/mol. The lowest BCUT2D eigenvalue weighted by Gasteiger charge is -2.33. The molecular weight excluding hydrogens is 413 g/mol. The second kappa shape index (κ2) is 10.8. The van der Waals surface area contributed by atoms with Gasteiger partial charge in [0.1, 0.15) is 5.82 Å². The van der Waals surface area contributed by atoms with Gasteiger partial charge in [0.05, 0.1) is 26.5 Å². The van der Waals surface area contributed by atoms with Gasteiger partial charge in [-0.15, -0.1) is 0 Å². The molecule has 1 saturated carbocycles. The zero-order chi connectivity index (χ0) is 23.1. The van der Waals surface area contributed by atoms with Crippen molar-refractivity contribution in [2.24, 2.45) is 0 Å². The maximum atomic E-state index is 14.7. The van der Waals surface area contributed by atoms with Gasteiger partial charge < -0.3 is 25.0 Å². The summed E-state index contributed by atoms with van der Waals surface area (Å²) in [7, 11) is 4.89. The first kappa shape index (κ1) is 23.4. The first-order valence-electron chi connectivity index (χ1n) is 10.8. The number of nitrogens with one attached hydrogen (secondary N) is 2. The summed E-state index contributed by atoms with van der Waals surface area (Å²) in [5.74, 6) is -0.353. The number of carbonyl (C=O) groups is 2. The van der Waals surface area contributed by atoms with E-state index in [4.69, 9.17) is 9.47 Å². The summed E-state index contributed by atoms with van der Waals surface area (Å²) < 4.78 is 25.0. The predicted molar refractivity (Wildman–Crippen MR) is 122 cm³/mol. The van der Waals surface area contributed by atoms with Gasteiger partial charge in [0.15, 0.2) is 11.5 Å². The summed E-state index contributed by atoms with van der Waals surface area (Å²) in [6.45, 7) is -0.251. The van der Waals surface area contributed by atoms with Crippen LogP contribution in [0.5, 0.6) is 11.5 Å². The third-order valence-electron chi connectivity index (χ3n) is 5.79. The largest absolute Gasteiger partial charge is 0.493 e. The lowest BCUT2D eigenvalue weighted by molar-refractivity contribution is -0.115. The molecule has 3 rings (SSSR count). The molecule has 2 N–H and O–H groups in total. The molecule has 0 bridgehead atoms. The fourth-order valence-electron chi connectivity index (χ4n) is 3.98. The van der Waals surface area contributed by atoms with E-state index in [1.807, 2.05) is 11.9 Å². The Balaban J connectivity index is 1.55. The number of anilines is 2. The number of hydrogen-bond donors (Lipinski definition) is 2. The summed E-state index contributed by atoms with van der Waals surface area (Å²) in [6, 6.07) is 9.72. The van der Waals surface area contributed by atoms with Crippen molar-refractivity contribution in [2.75, 3.05) is 38.0 Å². The normalized spacial score (nSPS) is 13.9. The zero-order valence-corrected chi connectivity index (χ0v) is 18.7. The minimum Gasteiger partial charge on any atom is -0.493 e. The standard InChI is InChI=1S/C24H30FN3O4/c1-28(18-7-5-4-6-8-18)20-11-10-17(14-19(20)25)27-23(29)15-26-24(30)16-9-12-21(31-2)22(13-16)32-3/h9-14,18H,4-8,15H2,1-3H3,(H,26,30)(H,27,29). The molecule has 2 aromatic rings. The molecule has 7 nitrogen and oxygen atoms in total. The molecule has 0 saturated heterocycles. The summed E-state index contributed by atoms with van der Waals surface area (Å²) >= 11 is 0. The smallest absolute Gasteiger partial charge is 0.251 e. The minimum atomic E-state index is -0.452. The molecule has 0 atom stereocenters. The van der Waals surface area contributed by atoms with Crippen LogP contribution >= 0.6 is 0 Å². The van der Waals surface area contributed by atoms with E-state index in [-0.39, 0.29) is 12.4 Å². The van der Waals surface area contributed by atoms with E-state index in [1.165, 1.54) is 45.6 Å². The van der Waals surface area contributed by atoms with Crippen LogP contribution in [0.1, 0.15) is 42.5 Å². The van der Waals surface area contributed by atoms with Crippen LogP contribution in [0.15, 0.2) is 36.4 Å².